The molecule has 0 bridgehead atoms. The van der Waals surface area contributed by atoms with Crippen LogP contribution in [-0.2, 0) is 32.3 Å². The van der Waals surface area contributed by atoms with E-state index in [0.717, 1.165) is 24.1 Å². The zero-order chi connectivity index (χ0) is 23.7. The molecular weight excluding hydrogens is 429 g/mol. The minimum atomic E-state index is -3.93. The fraction of sp³-hybridized carbons (Fsp3) is 0.591. The summed E-state index contributed by atoms with van der Waals surface area (Å²) in [7, 11) is -2.57. The molecule has 32 heavy (non-hydrogen) atoms. The lowest BCUT2D eigenvalue weighted by Gasteiger charge is -2.32. The summed E-state index contributed by atoms with van der Waals surface area (Å²) in [5, 5.41) is 9.63. The SMILES string of the molecule is COc1ccc(Cc2cn(CCC(C)CB3OC(C)(C)C(C)(C)O3)nc2S(N)(=O)=O)cc1. The second kappa shape index (κ2) is 9.17. The molecule has 8 nitrogen and oxygen atoms in total. The van der Waals surface area contributed by atoms with Gasteiger partial charge in [-0.2, -0.15) is 5.10 Å². The normalized spacial score (nSPS) is 18.7. The number of hydrogen-bond donors (Lipinski definition) is 1. The Labute approximate surface area is 191 Å². The van der Waals surface area contributed by atoms with Gasteiger partial charge < -0.3 is 14.0 Å². The maximum Gasteiger partial charge on any atom is 0.458 e. The van der Waals surface area contributed by atoms with E-state index in [1.165, 1.54) is 0 Å². The maximum absolute atomic E-state index is 12.1. The third-order valence-electron chi connectivity index (χ3n) is 6.37. The summed E-state index contributed by atoms with van der Waals surface area (Å²) in [5.41, 5.74) is 0.834. The average molecular weight is 463 g/mol. The van der Waals surface area contributed by atoms with E-state index in [1.807, 2.05) is 52.0 Å². The Morgan fingerprint density at radius 3 is 2.28 bits per heavy atom. The Balaban J connectivity index is 1.65. The third kappa shape index (κ3) is 5.72. The van der Waals surface area contributed by atoms with Gasteiger partial charge in [-0.15, -0.1) is 0 Å². The third-order valence-corrected chi connectivity index (χ3v) is 7.25. The first-order valence-electron chi connectivity index (χ1n) is 10.9. The first kappa shape index (κ1) is 24.8. The molecule has 0 spiro atoms. The molecule has 1 fully saturated rings. The van der Waals surface area contributed by atoms with Crippen LogP contribution in [0, 0.1) is 5.92 Å². The summed E-state index contributed by atoms with van der Waals surface area (Å²) in [4.78, 5) is 0. The van der Waals surface area contributed by atoms with Gasteiger partial charge in [-0.1, -0.05) is 19.1 Å². The number of ether oxygens (including phenoxy) is 1. The number of aryl methyl sites for hydroxylation is 1. The van der Waals surface area contributed by atoms with Crippen molar-refractivity contribution in [2.75, 3.05) is 7.11 Å². The Morgan fingerprint density at radius 1 is 1.16 bits per heavy atom. The molecule has 2 N–H and O–H groups in total. The van der Waals surface area contributed by atoms with Crippen LogP contribution >= 0.6 is 0 Å². The summed E-state index contributed by atoms with van der Waals surface area (Å²) >= 11 is 0. The van der Waals surface area contributed by atoms with Gasteiger partial charge in [0.25, 0.3) is 10.0 Å². The molecule has 0 saturated carbocycles. The van der Waals surface area contributed by atoms with Crippen molar-refractivity contribution < 1.29 is 22.5 Å². The van der Waals surface area contributed by atoms with E-state index in [4.69, 9.17) is 19.2 Å². The standard InChI is InChI=1S/C22H34BN3O5S/c1-16(14-23-30-21(2,3)22(4,5)31-23)11-12-26-15-18(20(25-26)32(24,27)28)13-17-7-9-19(29-6)10-8-17/h7-10,15-16H,11-14H2,1-6H3,(H2,24,27,28). The predicted octanol–water partition coefficient (Wildman–Crippen LogP) is 3.25. The molecule has 1 atom stereocenters. The Hall–Kier alpha value is -1.88. The molecule has 1 saturated heterocycles. The van der Waals surface area contributed by atoms with Crippen LogP contribution in [0.3, 0.4) is 0 Å². The largest absolute Gasteiger partial charge is 0.497 e. The monoisotopic (exact) mass is 463 g/mol. The fourth-order valence-electron chi connectivity index (χ4n) is 3.74. The number of nitrogens with two attached hydrogens (primary N) is 1. The lowest BCUT2D eigenvalue weighted by atomic mass is 9.77. The van der Waals surface area contributed by atoms with E-state index in [2.05, 4.69) is 12.0 Å². The molecule has 1 aliphatic rings. The number of benzene rings is 1. The number of methoxy groups -OCH3 is 1. The van der Waals surface area contributed by atoms with Crippen molar-refractivity contribution >= 4 is 17.1 Å². The minimum absolute atomic E-state index is 0.0769. The molecule has 1 aromatic heterocycles. The number of nitrogens with zero attached hydrogens (tertiary/aromatic N) is 2. The van der Waals surface area contributed by atoms with Gasteiger partial charge in [0.2, 0.25) is 0 Å². The topological polar surface area (TPSA) is 106 Å². The van der Waals surface area contributed by atoms with Crippen LogP contribution in [0.5, 0.6) is 5.75 Å². The number of aromatic nitrogens is 2. The van der Waals surface area contributed by atoms with Crippen LogP contribution in [-0.4, -0.2) is 43.6 Å². The summed E-state index contributed by atoms with van der Waals surface area (Å²) < 4.78 is 43.2. The van der Waals surface area contributed by atoms with Gasteiger partial charge in [0.1, 0.15) is 5.75 Å². The molecule has 3 rings (SSSR count). The summed E-state index contributed by atoms with van der Waals surface area (Å²) in [6, 6.07) is 7.48. The van der Waals surface area contributed by atoms with Crippen LogP contribution in [0.25, 0.3) is 0 Å². The van der Waals surface area contributed by atoms with Gasteiger partial charge in [0.15, 0.2) is 5.03 Å². The van der Waals surface area contributed by atoms with E-state index in [1.54, 1.807) is 18.0 Å². The van der Waals surface area contributed by atoms with Crippen molar-refractivity contribution in [2.24, 2.45) is 11.1 Å². The van der Waals surface area contributed by atoms with Gasteiger partial charge in [-0.05, 0) is 64.1 Å². The van der Waals surface area contributed by atoms with Crippen molar-refractivity contribution in [1.29, 1.82) is 0 Å². The highest BCUT2D eigenvalue weighted by atomic mass is 32.2. The summed E-state index contributed by atoms with van der Waals surface area (Å²) in [6.07, 6.45) is 3.75. The van der Waals surface area contributed by atoms with Crippen molar-refractivity contribution in [2.45, 2.75) is 76.6 Å². The molecule has 176 valence electrons. The van der Waals surface area contributed by atoms with Crippen LogP contribution < -0.4 is 9.88 Å². The summed E-state index contributed by atoms with van der Waals surface area (Å²) in [6.45, 7) is 10.9. The zero-order valence-electron chi connectivity index (χ0n) is 19.8. The van der Waals surface area contributed by atoms with Gasteiger partial charge in [-0.3, -0.25) is 4.68 Å². The van der Waals surface area contributed by atoms with E-state index >= 15 is 0 Å². The number of sulfonamides is 1. The lowest BCUT2D eigenvalue weighted by Crippen LogP contribution is -2.41. The highest BCUT2D eigenvalue weighted by molar-refractivity contribution is 7.89. The minimum Gasteiger partial charge on any atom is -0.497 e. The fourth-order valence-corrected chi connectivity index (χ4v) is 4.45. The molecule has 2 aromatic rings. The Morgan fingerprint density at radius 2 is 1.75 bits per heavy atom. The Bertz CT molecular complexity index is 1020. The van der Waals surface area contributed by atoms with Crippen LogP contribution in [0.1, 0.15) is 52.2 Å². The number of primary sulfonamides is 1. The second-order valence-electron chi connectivity index (χ2n) is 9.61. The van der Waals surface area contributed by atoms with Gasteiger partial charge in [0, 0.05) is 24.7 Å². The molecule has 10 heteroatoms. The highest BCUT2D eigenvalue weighted by Gasteiger charge is 2.50. The van der Waals surface area contributed by atoms with Gasteiger partial charge in [-0.25, -0.2) is 13.6 Å². The van der Waals surface area contributed by atoms with E-state index in [0.29, 0.717) is 24.4 Å². The van der Waals surface area contributed by atoms with Crippen LogP contribution in [0.2, 0.25) is 6.32 Å². The van der Waals surface area contributed by atoms with Gasteiger partial charge >= 0.3 is 7.12 Å². The van der Waals surface area contributed by atoms with Crippen molar-refractivity contribution in [3.63, 3.8) is 0 Å². The van der Waals surface area contributed by atoms with E-state index < -0.39 is 10.0 Å². The summed E-state index contributed by atoms with van der Waals surface area (Å²) in [5.74, 6) is 1.05. The first-order chi connectivity index (χ1) is 14.8. The molecule has 1 unspecified atom stereocenters. The van der Waals surface area contributed by atoms with Crippen LogP contribution in [0.15, 0.2) is 35.5 Å². The van der Waals surface area contributed by atoms with Crippen molar-refractivity contribution in [3.05, 3.63) is 41.6 Å². The van der Waals surface area contributed by atoms with Crippen molar-refractivity contribution in [3.8, 4) is 5.75 Å². The molecule has 0 amide bonds. The first-order valence-corrected chi connectivity index (χ1v) is 12.4. The molecule has 1 aliphatic heterocycles. The molecule has 0 aliphatic carbocycles. The smallest absolute Gasteiger partial charge is 0.458 e. The van der Waals surface area contributed by atoms with Crippen LogP contribution in [0.4, 0.5) is 0 Å². The molecule has 1 aromatic carbocycles. The average Bonchev–Trinajstić information content (AvgIpc) is 3.17. The molecule has 2 heterocycles. The zero-order valence-corrected chi connectivity index (χ0v) is 20.6. The number of rotatable bonds is 9. The van der Waals surface area contributed by atoms with E-state index in [9.17, 15) is 8.42 Å². The molecule has 0 radical (unpaired) electrons. The van der Waals surface area contributed by atoms with Crippen molar-refractivity contribution in [1.82, 2.24) is 9.78 Å². The number of hydrogen-bond acceptors (Lipinski definition) is 6. The maximum atomic E-state index is 12.1. The predicted molar refractivity (Wildman–Crippen MR) is 124 cm³/mol. The quantitative estimate of drug-likeness (QED) is 0.573. The molecular formula is C22H34BN3O5S. The lowest BCUT2D eigenvalue weighted by molar-refractivity contribution is 0.00578. The highest BCUT2D eigenvalue weighted by Crippen LogP contribution is 2.38. The van der Waals surface area contributed by atoms with Gasteiger partial charge in [0.05, 0.1) is 18.3 Å². The second-order valence-corrected chi connectivity index (χ2v) is 11.1. The Kier molecular flexibility index (Phi) is 7.10. The van der Waals surface area contributed by atoms with E-state index in [-0.39, 0.29) is 23.3 Å².